The molecule has 5 heterocycles. The van der Waals surface area contributed by atoms with Gasteiger partial charge in [-0.3, -0.25) is 19.7 Å². The molecule has 0 bridgehead atoms. The van der Waals surface area contributed by atoms with Crippen LogP contribution in [0.5, 0.6) is 0 Å². The minimum Gasteiger partial charge on any atom is -0.364 e. The molecule has 37 heavy (non-hydrogen) atoms. The fourth-order valence-electron chi connectivity index (χ4n) is 4.26. The Balaban J connectivity index is 1.33. The molecule has 4 aromatic rings. The number of ketones is 1. The van der Waals surface area contributed by atoms with Crippen molar-refractivity contribution in [3.63, 3.8) is 0 Å². The second-order valence-corrected chi connectivity index (χ2v) is 10.8. The summed E-state index contributed by atoms with van der Waals surface area (Å²) >= 11 is 0. The van der Waals surface area contributed by atoms with Crippen LogP contribution in [0.2, 0.25) is 0 Å². The van der Waals surface area contributed by atoms with E-state index in [9.17, 15) is 4.79 Å². The molecule has 9 nitrogen and oxygen atoms in total. The lowest BCUT2D eigenvalue weighted by molar-refractivity contribution is 0.0992. The zero-order chi connectivity index (χ0) is 26.2. The Labute approximate surface area is 217 Å². The molecule has 1 aliphatic rings. The molecule has 0 spiro atoms. The van der Waals surface area contributed by atoms with E-state index >= 15 is 0 Å². The molecule has 1 aliphatic heterocycles. The van der Waals surface area contributed by atoms with E-state index in [-0.39, 0.29) is 17.7 Å². The van der Waals surface area contributed by atoms with E-state index in [1.807, 2.05) is 18.2 Å². The monoisotopic (exact) mass is 496 g/mol. The van der Waals surface area contributed by atoms with Crippen LogP contribution in [0.1, 0.15) is 36.8 Å². The third kappa shape index (κ3) is 5.72. The zero-order valence-corrected chi connectivity index (χ0v) is 21.9. The smallest absolute Gasteiger partial charge is 0.169 e. The van der Waals surface area contributed by atoms with Gasteiger partial charge in [0.05, 0.1) is 36.2 Å². The summed E-state index contributed by atoms with van der Waals surface area (Å²) in [7, 11) is 4.17. The van der Waals surface area contributed by atoms with Gasteiger partial charge in [0, 0.05) is 59.3 Å². The van der Waals surface area contributed by atoms with Crippen molar-refractivity contribution in [1.82, 2.24) is 29.8 Å². The van der Waals surface area contributed by atoms with Gasteiger partial charge in [0.15, 0.2) is 5.78 Å². The van der Waals surface area contributed by atoms with Gasteiger partial charge in [-0.15, -0.1) is 0 Å². The van der Waals surface area contributed by atoms with Gasteiger partial charge in [0.2, 0.25) is 0 Å². The number of fused-ring (bicyclic) bond motifs is 1. The molecule has 0 radical (unpaired) electrons. The van der Waals surface area contributed by atoms with Crippen molar-refractivity contribution in [3.8, 4) is 11.3 Å². The first kappa shape index (κ1) is 24.7. The van der Waals surface area contributed by atoms with Gasteiger partial charge in [-0.05, 0) is 59.1 Å². The van der Waals surface area contributed by atoms with Gasteiger partial charge >= 0.3 is 0 Å². The van der Waals surface area contributed by atoms with E-state index in [1.165, 1.54) is 0 Å². The topological polar surface area (TPSA) is 100 Å². The molecule has 1 saturated heterocycles. The number of nitrogens with zero attached hydrogens (tertiary/aromatic N) is 7. The second-order valence-electron chi connectivity index (χ2n) is 10.8. The molecule has 0 aromatic carbocycles. The van der Waals surface area contributed by atoms with Gasteiger partial charge in [0.1, 0.15) is 11.6 Å². The number of Topliss-reactive ketones (excluding diaryl/α,β-unsaturated/α-hetero) is 1. The van der Waals surface area contributed by atoms with Crippen molar-refractivity contribution >= 4 is 28.3 Å². The van der Waals surface area contributed by atoms with Crippen molar-refractivity contribution in [2.24, 2.45) is 0 Å². The highest BCUT2D eigenvalue weighted by atomic mass is 16.1. The van der Waals surface area contributed by atoms with E-state index in [2.05, 4.69) is 69.9 Å². The lowest BCUT2D eigenvalue weighted by Gasteiger charge is -2.43. The van der Waals surface area contributed by atoms with Crippen LogP contribution in [0.3, 0.4) is 0 Å². The van der Waals surface area contributed by atoms with Crippen molar-refractivity contribution in [2.75, 3.05) is 37.4 Å². The third-order valence-corrected chi connectivity index (χ3v) is 6.38. The average Bonchev–Trinajstić information content (AvgIpc) is 2.82. The van der Waals surface area contributed by atoms with Gasteiger partial charge in [-0.2, -0.15) is 0 Å². The Hall–Kier alpha value is -3.98. The summed E-state index contributed by atoms with van der Waals surface area (Å²) < 4.78 is 0. The first-order chi connectivity index (χ1) is 17.6. The minimum absolute atomic E-state index is 0.0103. The molecule has 0 atom stereocenters. The minimum atomic E-state index is -0.123. The van der Waals surface area contributed by atoms with Crippen molar-refractivity contribution in [3.05, 3.63) is 66.5 Å². The van der Waals surface area contributed by atoms with E-state index in [0.29, 0.717) is 23.1 Å². The molecule has 4 aromatic heterocycles. The van der Waals surface area contributed by atoms with Crippen molar-refractivity contribution in [2.45, 2.75) is 38.8 Å². The van der Waals surface area contributed by atoms with Crippen molar-refractivity contribution in [1.29, 1.82) is 0 Å². The summed E-state index contributed by atoms with van der Waals surface area (Å²) in [5, 5.41) is 4.25. The molecule has 0 aliphatic carbocycles. The first-order valence-electron chi connectivity index (χ1n) is 12.4. The number of nitrogens with one attached hydrogen (secondary N) is 1. The summed E-state index contributed by atoms with van der Waals surface area (Å²) in [4.78, 5) is 40.1. The normalized spacial score (nSPS) is 14.2. The summed E-state index contributed by atoms with van der Waals surface area (Å²) in [5.74, 6) is 1.56. The highest BCUT2D eigenvalue weighted by molar-refractivity contribution is 5.98. The Morgan fingerprint density at radius 3 is 2.62 bits per heavy atom. The zero-order valence-electron chi connectivity index (χ0n) is 21.9. The van der Waals surface area contributed by atoms with Crippen LogP contribution in [-0.4, -0.2) is 74.4 Å². The molecule has 1 fully saturated rings. The van der Waals surface area contributed by atoms with Crippen LogP contribution in [-0.2, 0) is 6.42 Å². The molecule has 0 saturated carbocycles. The maximum atomic E-state index is 13.1. The lowest BCUT2D eigenvalue weighted by atomic mass is 10.0. The van der Waals surface area contributed by atoms with E-state index in [4.69, 9.17) is 4.98 Å². The maximum absolute atomic E-state index is 13.1. The van der Waals surface area contributed by atoms with E-state index in [1.54, 1.807) is 37.1 Å². The van der Waals surface area contributed by atoms with Gasteiger partial charge in [0.25, 0.3) is 0 Å². The summed E-state index contributed by atoms with van der Waals surface area (Å²) in [6.07, 6.45) is 8.83. The number of aromatic nitrogens is 5. The van der Waals surface area contributed by atoms with Crippen LogP contribution in [0.4, 0.5) is 11.6 Å². The SMILES string of the molecule is CN(C)C1CN(c2cc(C(=O)Cc3cc4cc(-c5cncc(NC(C)(C)C)n5)cnc4cn3)ccn2)C1. The Morgan fingerprint density at radius 2 is 1.86 bits per heavy atom. The summed E-state index contributed by atoms with van der Waals surface area (Å²) in [6.45, 7) is 8.06. The Kier molecular flexibility index (Phi) is 6.55. The van der Waals surface area contributed by atoms with Crippen molar-refractivity contribution < 1.29 is 4.79 Å². The van der Waals surface area contributed by atoms with E-state index in [0.717, 1.165) is 41.1 Å². The molecule has 0 amide bonds. The predicted molar refractivity (Wildman–Crippen MR) is 146 cm³/mol. The molecule has 5 rings (SSSR count). The Bertz CT molecular complexity index is 1440. The molecular formula is C28H32N8O. The number of likely N-dealkylation sites (N-methyl/N-ethyl adjacent to an activating group) is 1. The number of rotatable bonds is 7. The van der Waals surface area contributed by atoms with Crippen LogP contribution < -0.4 is 10.2 Å². The predicted octanol–water partition coefficient (Wildman–Crippen LogP) is 3.87. The third-order valence-electron chi connectivity index (χ3n) is 6.38. The molecular weight excluding hydrogens is 464 g/mol. The first-order valence-corrected chi connectivity index (χ1v) is 12.4. The standard InChI is InChI=1S/C28H32N8O/c1-28(2,3)34-26-15-29-13-24(33-26)20-8-19-9-21(31-14-23(19)32-12-20)11-25(37)18-6-7-30-27(10-18)36-16-22(17-36)35(4)5/h6-10,12-15,22H,11,16-17H2,1-5H3,(H,33,34). The van der Waals surface area contributed by atoms with E-state index < -0.39 is 0 Å². The van der Waals surface area contributed by atoms with Gasteiger partial charge in [-0.25, -0.2) is 9.97 Å². The number of anilines is 2. The average molecular weight is 497 g/mol. The fourth-order valence-corrected chi connectivity index (χ4v) is 4.26. The van der Waals surface area contributed by atoms with Crippen LogP contribution in [0.25, 0.3) is 22.2 Å². The summed E-state index contributed by atoms with van der Waals surface area (Å²) in [5.41, 5.74) is 3.56. The largest absolute Gasteiger partial charge is 0.364 e. The molecule has 9 heteroatoms. The highest BCUT2D eigenvalue weighted by Crippen LogP contribution is 2.24. The van der Waals surface area contributed by atoms with Gasteiger partial charge < -0.3 is 15.1 Å². The van der Waals surface area contributed by atoms with Crippen LogP contribution in [0.15, 0.2) is 55.2 Å². The number of hydrogen-bond acceptors (Lipinski definition) is 9. The Morgan fingerprint density at radius 1 is 1.05 bits per heavy atom. The maximum Gasteiger partial charge on any atom is 0.169 e. The molecule has 190 valence electrons. The van der Waals surface area contributed by atoms with Crippen LogP contribution >= 0.6 is 0 Å². The number of carbonyl (C=O) groups is 1. The molecule has 0 unspecified atom stereocenters. The highest BCUT2D eigenvalue weighted by Gasteiger charge is 2.29. The summed E-state index contributed by atoms with van der Waals surface area (Å²) in [6, 6.07) is 8.11. The number of carbonyl (C=O) groups excluding carboxylic acids is 1. The number of pyridine rings is 3. The quantitative estimate of drug-likeness (QED) is 0.382. The van der Waals surface area contributed by atoms with Crippen LogP contribution in [0, 0.1) is 0 Å². The number of hydrogen-bond donors (Lipinski definition) is 1. The lowest BCUT2D eigenvalue weighted by Crippen LogP contribution is -2.57. The fraction of sp³-hybridized carbons (Fsp3) is 0.357. The van der Waals surface area contributed by atoms with Gasteiger partial charge in [-0.1, -0.05) is 0 Å². The second kappa shape index (κ2) is 9.82. The molecule has 1 N–H and O–H groups in total.